The molecule has 0 aromatic rings. The highest BCUT2D eigenvalue weighted by atomic mass is 16.8. The third-order valence-corrected chi connectivity index (χ3v) is 7.34. The van der Waals surface area contributed by atoms with Crippen LogP contribution in [0.5, 0.6) is 0 Å². The summed E-state index contributed by atoms with van der Waals surface area (Å²) in [7, 11) is 0. The Labute approximate surface area is 222 Å². The predicted octanol–water partition coefficient (Wildman–Crippen LogP) is -6.42. The van der Waals surface area contributed by atoms with Crippen molar-refractivity contribution in [2.75, 3.05) is 13.2 Å². The number of aliphatic hydroxyl groups excluding tert-OH is 10. The average molecular weight is 575 g/mol. The second-order valence-corrected chi connectivity index (χ2v) is 10.2. The molecule has 228 valence electrons. The summed E-state index contributed by atoms with van der Waals surface area (Å²) in [4.78, 5) is 0. The molecule has 4 heterocycles. The van der Waals surface area contributed by atoms with Gasteiger partial charge in [0.2, 0.25) is 0 Å². The van der Waals surface area contributed by atoms with Gasteiger partial charge in [-0.15, -0.1) is 0 Å². The van der Waals surface area contributed by atoms with E-state index in [1.165, 1.54) is 13.8 Å². The molecule has 0 spiro atoms. The maximum atomic E-state index is 10.7. The zero-order valence-electron chi connectivity index (χ0n) is 21.1. The van der Waals surface area contributed by atoms with Crippen LogP contribution in [0.4, 0.5) is 0 Å². The fraction of sp³-hybridized carbons (Fsp3) is 1.00. The van der Waals surface area contributed by atoms with Crippen LogP contribution in [-0.2, 0) is 33.2 Å². The smallest absolute Gasteiger partial charge is 0.187 e. The summed E-state index contributed by atoms with van der Waals surface area (Å²) in [5, 5.41) is 102. The molecule has 0 bridgehead atoms. The van der Waals surface area contributed by atoms with Crippen molar-refractivity contribution in [1.82, 2.24) is 0 Å². The summed E-state index contributed by atoms with van der Waals surface area (Å²) < 4.78 is 38.1. The second kappa shape index (κ2) is 12.7. The zero-order chi connectivity index (χ0) is 28.8. The van der Waals surface area contributed by atoms with Gasteiger partial charge in [-0.25, -0.2) is 0 Å². The Morgan fingerprint density at radius 3 is 1.64 bits per heavy atom. The Kier molecular flexibility index (Phi) is 10.2. The van der Waals surface area contributed by atoms with Crippen molar-refractivity contribution in [3.05, 3.63) is 0 Å². The molecule has 4 rings (SSSR count). The summed E-state index contributed by atoms with van der Waals surface area (Å²) in [6, 6.07) is 0. The molecule has 39 heavy (non-hydrogen) atoms. The summed E-state index contributed by atoms with van der Waals surface area (Å²) in [6.45, 7) is 2.09. The van der Waals surface area contributed by atoms with E-state index in [9.17, 15) is 51.1 Å². The zero-order valence-corrected chi connectivity index (χ0v) is 21.1. The molecular weight excluding hydrogens is 536 g/mol. The van der Waals surface area contributed by atoms with E-state index in [1.54, 1.807) is 0 Å². The molecule has 0 aromatic carbocycles. The van der Waals surface area contributed by atoms with Gasteiger partial charge in [0.05, 0.1) is 25.4 Å². The minimum Gasteiger partial charge on any atom is -0.388 e. The first-order valence-electron chi connectivity index (χ1n) is 12.6. The molecule has 10 N–H and O–H groups in total. The van der Waals surface area contributed by atoms with Crippen molar-refractivity contribution in [2.24, 2.45) is 0 Å². The highest BCUT2D eigenvalue weighted by Crippen LogP contribution is 2.32. The van der Waals surface area contributed by atoms with Crippen LogP contribution in [0.3, 0.4) is 0 Å². The molecular formula is C22H38O17. The highest BCUT2D eigenvalue weighted by Gasteiger charge is 2.52. The topological polar surface area (TPSA) is 267 Å². The van der Waals surface area contributed by atoms with Gasteiger partial charge in [0.15, 0.2) is 25.2 Å². The van der Waals surface area contributed by atoms with Gasteiger partial charge in [-0.05, 0) is 13.8 Å². The van der Waals surface area contributed by atoms with Gasteiger partial charge < -0.3 is 84.2 Å². The van der Waals surface area contributed by atoms with E-state index in [0.717, 1.165) is 0 Å². The standard InChI is InChI=1S/C22H38O17/c1-5-9(25)11(27)14(30)21(35-5)38-17-8(24)4-33-19(32)18(17)39-22-15(31)12(28)16(6(2)36-22)37-20-13(29)10(26)7(23)3-34-20/h5-32H,3-4H2,1-2H3/t5-,6-,7+,8+,9-,10-,11+,12-,13+,14+,15+,16-,17-,18+,19-,20-,21-,22-/m0/s1. The van der Waals surface area contributed by atoms with Gasteiger partial charge in [-0.3, -0.25) is 0 Å². The molecule has 0 radical (unpaired) electrons. The van der Waals surface area contributed by atoms with Crippen molar-refractivity contribution in [2.45, 2.75) is 124 Å². The van der Waals surface area contributed by atoms with E-state index in [0.29, 0.717) is 0 Å². The lowest BCUT2D eigenvalue weighted by atomic mass is 9.98. The van der Waals surface area contributed by atoms with E-state index >= 15 is 0 Å². The Morgan fingerprint density at radius 2 is 0.974 bits per heavy atom. The molecule has 0 amide bonds. The van der Waals surface area contributed by atoms with Gasteiger partial charge in [0.1, 0.15) is 73.2 Å². The van der Waals surface area contributed by atoms with E-state index in [2.05, 4.69) is 0 Å². The summed E-state index contributed by atoms with van der Waals surface area (Å²) in [5.41, 5.74) is 0. The molecule has 0 saturated carbocycles. The van der Waals surface area contributed by atoms with Crippen LogP contribution in [-0.4, -0.2) is 175 Å². The fourth-order valence-corrected chi connectivity index (χ4v) is 4.88. The Balaban J connectivity index is 1.43. The van der Waals surface area contributed by atoms with Crippen LogP contribution < -0.4 is 0 Å². The lowest BCUT2D eigenvalue weighted by Crippen LogP contribution is -2.65. The Bertz CT molecular complexity index is 792. The molecule has 4 aliphatic heterocycles. The van der Waals surface area contributed by atoms with Crippen LogP contribution in [0.2, 0.25) is 0 Å². The van der Waals surface area contributed by atoms with E-state index < -0.39 is 117 Å². The van der Waals surface area contributed by atoms with Gasteiger partial charge in [-0.2, -0.15) is 0 Å². The number of ether oxygens (including phenoxy) is 7. The largest absolute Gasteiger partial charge is 0.388 e. The Morgan fingerprint density at radius 1 is 0.462 bits per heavy atom. The summed E-state index contributed by atoms with van der Waals surface area (Å²) in [5.74, 6) is 0. The SMILES string of the molecule is C[C@@H]1O[C@@H](O[C@@H]2[C@@H](O[C@@H]3O[C@@H](C)[C@H](O[C@@H]4OC[C@@H](O)[C@H](O)[C@H]4O)[C@@H](O)[C@H]3O)[C@@H](O)OC[C@H]2O)[C@H](O)[C@H](O)[C@H]1O. The Hall–Kier alpha value is -0.680. The molecule has 4 aliphatic rings. The maximum Gasteiger partial charge on any atom is 0.187 e. The molecule has 0 aliphatic carbocycles. The van der Waals surface area contributed by atoms with E-state index in [-0.39, 0.29) is 6.61 Å². The lowest BCUT2D eigenvalue weighted by Gasteiger charge is -2.47. The van der Waals surface area contributed by atoms with E-state index in [4.69, 9.17) is 33.2 Å². The van der Waals surface area contributed by atoms with Crippen molar-refractivity contribution >= 4 is 0 Å². The molecule has 0 aromatic heterocycles. The van der Waals surface area contributed by atoms with Crippen molar-refractivity contribution in [3.63, 3.8) is 0 Å². The van der Waals surface area contributed by atoms with Crippen LogP contribution in [0.25, 0.3) is 0 Å². The number of hydrogen-bond acceptors (Lipinski definition) is 17. The minimum atomic E-state index is -1.82. The molecule has 4 fully saturated rings. The van der Waals surface area contributed by atoms with Gasteiger partial charge >= 0.3 is 0 Å². The first-order chi connectivity index (χ1) is 18.3. The van der Waals surface area contributed by atoms with Crippen LogP contribution in [0.1, 0.15) is 13.8 Å². The monoisotopic (exact) mass is 574 g/mol. The highest BCUT2D eigenvalue weighted by molar-refractivity contribution is 4.94. The average Bonchev–Trinajstić information content (AvgIpc) is 2.90. The first-order valence-corrected chi connectivity index (χ1v) is 12.6. The summed E-state index contributed by atoms with van der Waals surface area (Å²) in [6.07, 6.45) is -27.0. The molecule has 18 atom stereocenters. The van der Waals surface area contributed by atoms with Crippen LogP contribution >= 0.6 is 0 Å². The second-order valence-electron chi connectivity index (χ2n) is 10.2. The number of rotatable bonds is 6. The third-order valence-electron chi connectivity index (χ3n) is 7.34. The molecule has 4 saturated heterocycles. The molecule has 17 heteroatoms. The van der Waals surface area contributed by atoms with Crippen molar-refractivity contribution in [1.29, 1.82) is 0 Å². The lowest BCUT2D eigenvalue weighted by molar-refractivity contribution is -0.383. The normalized spacial score (nSPS) is 55.4. The maximum absolute atomic E-state index is 10.7. The predicted molar refractivity (Wildman–Crippen MR) is 119 cm³/mol. The molecule has 17 nitrogen and oxygen atoms in total. The van der Waals surface area contributed by atoms with Gasteiger partial charge in [-0.1, -0.05) is 0 Å². The summed E-state index contributed by atoms with van der Waals surface area (Å²) >= 11 is 0. The molecule has 0 unspecified atom stereocenters. The number of aliphatic hydroxyl groups is 10. The van der Waals surface area contributed by atoms with Crippen LogP contribution in [0.15, 0.2) is 0 Å². The van der Waals surface area contributed by atoms with Crippen LogP contribution in [0, 0.1) is 0 Å². The fourth-order valence-electron chi connectivity index (χ4n) is 4.88. The van der Waals surface area contributed by atoms with Gasteiger partial charge in [0, 0.05) is 0 Å². The quantitative estimate of drug-likeness (QED) is 0.141. The third kappa shape index (κ3) is 6.40. The van der Waals surface area contributed by atoms with Crippen molar-refractivity contribution in [3.8, 4) is 0 Å². The van der Waals surface area contributed by atoms with E-state index in [1.807, 2.05) is 0 Å². The van der Waals surface area contributed by atoms with Crippen molar-refractivity contribution < 1.29 is 84.2 Å². The number of hydrogen-bond donors (Lipinski definition) is 10. The first kappa shape index (κ1) is 31.3. The van der Waals surface area contributed by atoms with Gasteiger partial charge in [0.25, 0.3) is 0 Å². The minimum absolute atomic E-state index is 0.354.